The average Bonchev–Trinajstić information content (AvgIpc) is 3.25. The Hall–Kier alpha value is -2.84. The maximum absolute atomic E-state index is 12.7. The minimum absolute atomic E-state index is 0.147. The molecule has 2 aromatic carbocycles. The normalized spacial score (nSPS) is 11.1. The molecular formula is C21H22N2O4S2. The van der Waals surface area contributed by atoms with Crippen LogP contribution in [0.5, 0.6) is 5.75 Å². The molecule has 0 saturated carbocycles. The summed E-state index contributed by atoms with van der Waals surface area (Å²) in [6.45, 7) is 2.99. The molecule has 0 bridgehead atoms. The summed E-state index contributed by atoms with van der Waals surface area (Å²) in [6, 6.07) is 17.2. The van der Waals surface area contributed by atoms with Gasteiger partial charge in [-0.3, -0.25) is 9.52 Å². The number of thiophene rings is 1. The topological polar surface area (TPSA) is 75.7 Å². The lowest BCUT2D eigenvalue weighted by Gasteiger charge is -2.18. The van der Waals surface area contributed by atoms with Gasteiger partial charge in [-0.15, -0.1) is 11.3 Å². The minimum atomic E-state index is -3.60. The summed E-state index contributed by atoms with van der Waals surface area (Å²) in [7, 11) is -1.88. The fourth-order valence-electron chi connectivity index (χ4n) is 2.73. The Balaban J connectivity index is 1.63. The molecule has 0 aliphatic heterocycles. The molecule has 1 heterocycles. The maximum atomic E-state index is 12.7. The Morgan fingerprint density at radius 1 is 1.07 bits per heavy atom. The molecule has 29 heavy (non-hydrogen) atoms. The van der Waals surface area contributed by atoms with Gasteiger partial charge in [0.05, 0.1) is 6.61 Å². The fourth-order valence-corrected chi connectivity index (χ4v) is 4.78. The molecule has 0 spiro atoms. The quantitative estimate of drug-likeness (QED) is 0.581. The van der Waals surface area contributed by atoms with Crippen molar-refractivity contribution in [3.8, 4) is 5.75 Å². The van der Waals surface area contributed by atoms with Crippen LogP contribution in [-0.2, 0) is 16.6 Å². The number of rotatable bonds is 8. The van der Waals surface area contributed by atoms with Crippen molar-refractivity contribution in [2.45, 2.75) is 17.7 Å². The van der Waals surface area contributed by atoms with Crippen molar-refractivity contribution in [2.75, 3.05) is 18.4 Å². The molecule has 0 atom stereocenters. The Bertz CT molecular complexity index is 1050. The zero-order chi connectivity index (χ0) is 20.9. The largest absolute Gasteiger partial charge is 0.494 e. The number of sulfonamides is 1. The lowest BCUT2D eigenvalue weighted by molar-refractivity contribution is 0.0785. The van der Waals surface area contributed by atoms with Gasteiger partial charge in [-0.2, -0.15) is 0 Å². The van der Waals surface area contributed by atoms with Crippen LogP contribution >= 0.6 is 11.3 Å². The molecule has 3 rings (SSSR count). The van der Waals surface area contributed by atoms with Gasteiger partial charge in [0, 0.05) is 24.8 Å². The van der Waals surface area contributed by atoms with E-state index >= 15 is 0 Å². The predicted octanol–water partition coefficient (Wildman–Crippen LogP) is 4.22. The van der Waals surface area contributed by atoms with Gasteiger partial charge in [-0.25, -0.2) is 8.42 Å². The number of anilines is 1. The van der Waals surface area contributed by atoms with E-state index in [9.17, 15) is 13.2 Å². The molecule has 0 fully saturated rings. The molecule has 152 valence electrons. The highest BCUT2D eigenvalue weighted by Gasteiger charge is 2.16. The summed E-state index contributed by atoms with van der Waals surface area (Å²) < 4.78 is 32.7. The first-order chi connectivity index (χ1) is 13.9. The standard InChI is InChI=1S/C21H22N2O4S2/c1-3-27-19-12-6-16(7-13-19)15-23(2)21(24)17-8-10-18(11-9-17)22-29(25,26)20-5-4-14-28-20/h4-14,22H,3,15H2,1-2H3. The average molecular weight is 431 g/mol. The molecule has 1 aromatic heterocycles. The van der Waals surface area contributed by atoms with Crippen LogP contribution in [0.4, 0.5) is 5.69 Å². The van der Waals surface area contributed by atoms with E-state index in [4.69, 9.17) is 4.74 Å². The molecular weight excluding hydrogens is 408 g/mol. The summed E-state index contributed by atoms with van der Waals surface area (Å²) in [4.78, 5) is 14.3. The van der Waals surface area contributed by atoms with E-state index in [-0.39, 0.29) is 10.1 Å². The van der Waals surface area contributed by atoms with Crippen LogP contribution in [-0.4, -0.2) is 32.9 Å². The van der Waals surface area contributed by atoms with Crippen molar-refractivity contribution >= 4 is 33.0 Å². The van der Waals surface area contributed by atoms with Crippen molar-refractivity contribution in [1.29, 1.82) is 0 Å². The van der Waals surface area contributed by atoms with Crippen LogP contribution in [0.25, 0.3) is 0 Å². The second-order valence-corrected chi connectivity index (χ2v) is 9.21. The molecule has 1 N–H and O–H groups in total. The number of nitrogens with zero attached hydrogens (tertiary/aromatic N) is 1. The smallest absolute Gasteiger partial charge is 0.271 e. The lowest BCUT2D eigenvalue weighted by atomic mass is 10.1. The summed E-state index contributed by atoms with van der Waals surface area (Å²) in [6.07, 6.45) is 0. The van der Waals surface area contributed by atoms with E-state index in [0.717, 1.165) is 22.6 Å². The van der Waals surface area contributed by atoms with Crippen molar-refractivity contribution < 1.29 is 17.9 Å². The monoisotopic (exact) mass is 430 g/mol. The lowest BCUT2D eigenvalue weighted by Crippen LogP contribution is -2.26. The highest BCUT2D eigenvalue weighted by atomic mass is 32.2. The fraction of sp³-hybridized carbons (Fsp3) is 0.190. The zero-order valence-electron chi connectivity index (χ0n) is 16.2. The van der Waals surface area contributed by atoms with Gasteiger partial charge >= 0.3 is 0 Å². The third-order valence-electron chi connectivity index (χ3n) is 4.14. The van der Waals surface area contributed by atoms with Gasteiger partial charge in [0.1, 0.15) is 9.96 Å². The Kier molecular flexibility index (Phi) is 6.56. The molecule has 8 heteroatoms. The molecule has 0 unspecified atom stereocenters. The minimum Gasteiger partial charge on any atom is -0.494 e. The van der Waals surface area contributed by atoms with Crippen LogP contribution < -0.4 is 9.46 Å². The number of carbonyl (C=O) groups is 1. The van der Waals surface area contributed by atoms with Crippen LogP contribution in [0.3, 0.4) is 0 Å². The first-order valence-electron chi connectivity index (χ1n) is 9.02. The van der Waals surface area contributed by atoms with E-state index < -0.39 is 10.0 Å². The van der Waals surface area contributed by atoms with Gasteiger partial charge in [-0.05, 0) is 60.3 Å². The Morgan fingerprint density at radius 2 is 1.76 bits per heavy atom. The number of ether oxygens (including phenoxy) is 1. The molecule has 0 aliphatic carbocycles. The van der Waals surface area contributed by atoms with Gasteiger partial charge in [0.15, 0.2) is 0 Å². The Labute approximate surface area is 174 Å². The highest BCUT2D eigenvalue weighted by Crippen LogP contribution is 2.21. The second kappa shape index (κ2) is 9.11. The molecule has 0 radical (unpaired) electrons. The number of carbonyl (C=O) groups excluding carboxylic acids is 1. The van der Waals surface area contributed by atoms with E-state index in [1.165, 1.54) is 0 Å². The first-order valence-corrected chi connectivity index (χ1v) is 11.4. The summed E-state index contributed by atoms with van der Waals surface area (Å²) in [5.41, 5.74) is 1.88. The van der Waals surface area contributed by atoms with E-state index in [0.29, 0.717) is 24.4 Å². The number of amides is 1. The van der Waals surface area contributed by atoms with Crippen molar-refractivity contribution in [3.63, 3.8) is 0 Å². The molecule has 0 saturated heterocycles. The van der Waals surface area contributed by atoms with Crippen molar-refractivity contribution in [3.05, 3.63) is 77.2 Å². The van der Waals surface area contributed by atoms with Crippen LogP contribution in [0.15, 0.2) is 70.3 Å². The number of hydrogen-bond donors (Lipinski definition) is 1. The predicted molar refractivity (Wildman–Crippen MR) is 115 cm³/mol. The van der Waals surface area contributed by atoms with Gasteiger partial charge < -0.3 is 9.64 Å². The zero-order valence-corrected chi connectivity index (χ0v) is 17.8. The van der Waals surface area contributed by atoms with E-state index in [1.807, 2.05) is 31.2 Å². The molecule has 1 amide bonds. The second-order valence-electron chi connectivity index (χ2n) is 6.35. The number of nitrogens with one attached hydrogen (secondary N) is 1. The van der Waals surface area contributed by atoms with Gasteiger partial charge in [0.2, 0.25) is 0 Å². The number of hydrogen-bond acceptors (Lipinski definition) is 5. The van der Waals surface area contributed by atoms with Crippen LogP contribution in [0.1, 0.15) is 22.8 Å². The highest BCUT2D eigenvalue weighted by molar-refractivity contribution is 7.94. The first kappa shape index (κ1) is 20.9. The third kappa shape index (κ3) is 5.36. The number of benzene rings is 2. The SMILES string of the molecule is CCOc1ccc(CN(C)C(=O)c2ccc(NS(=O)(=O)c3cccs3)cc2)cc1. The van der Waals surface area contributed by atoms with Crippen LogP contribution in [0, 0.1) is 0 Å². The van der Waals surface area contributed by atoms with Crippen molar-refractivity contribution in [2.24, 2.45) is 0 Å². The summed E-state index contributed by atoms with van der Waals surface area (Å²) in [5.74, 6) is 0.650. The molecule has 0 aliphatic rings. The molecule has 6 nitrogen and oxygen atoms in total. The summed E-state index contributed by atoms with van der Waals surface area (Å²) >= 11 is 1.15. The molecule has 3 aromatic rings. The van der Waals surface area contributed by atoms with E-state index in [2.05, 4.69) is 4.72 Å². The van der Waals surface area contributed by atoms with Gasteiger partial charge in [-0.1, -0.05) is 18.2 Å². The van der Waals surface area contributed by atoms with Gasteiger partial charge in [0.25, 0.3) is 15.9 Å². The Morgan fingerprint density at radius 3 is 2.34 bits per heavy atom. The van der Waals surface area contributed by atoms with Crippen LogP contribution in [0.2, 0.25) is 0 Å². The third-order valence-corrected chi connectivity index (χ3v) is 6.92. The van der Waals surface area contributed by atoms with E-state index in [1.54, 1.807) is 53.7 Å². The maximum Gasteiger partial charge on any atom is 0.271 e. The summed E-state index contributed by atoms with van der Waals surface area (Å²) in [5, 5.41) is 1.70. The van der Waals surface area contributed by atoms with Crippen molar-refractivity contribution in [1.82, 2.24) is 4.90 Å².